The van der Waals surface area contributed by atoms with Gasteiger partial charge >= 0.3 is 5.97 Å². The summed E-state index contributed by atoms with van der Waals surface area (Å²) in [6.07, 6.45) is 4.27. The fourth-order valence-corrected chi connectivity index (χ4v) is 3.25. The van der Waals surface area contributed by atoms with Gasteiger partial charge in [0.2, 0.25) is 5.91 Å². The lowest BCUT2D eigenvalue weighted by atomic mass is 10.0. The fourth-order valence-electron chi connectivity index (χ4n) is 2.63. The lowest BCUT2D eigenvalue weighted by molar-refractivity contribution is -0.142. The lowest BCUT2D eigenvalue weighted by Crippen LogP contribution is -2.43. The van der Waals surface area contributed by atoms with Gasteiger partial charge in [-0.25, -0.2) is 4.79 Å². The summed E-state index contributed by atoms with van der Waals surface area (Å²) in [7, 11) is 0. The number of rotatable bonds is 8. The van der Waals surface area contributed by atoms with E-state index in [1.807, 2.05) is 18.2 Å². The standard InChI is InChI=1S/C17H19BrN2O4/c18-12-2-1-3-13-16(12)11(7-19-13)6-14(17(22)23)20-15(21)9-24-8-10-4-5-10/h1-3,7,10,14,19H,4-6,8-9H2,(H,20,21)(H,22,23). The molecule has 2 aromatic rings. The van der Waals surface area contributed by atoms with E-state index in [2.05, 4.69) is 26.2 Å². The SMILES string of the molecule is O=C(COCC1CC1)NC(Cc1c[nH]c2cccc(Br)c12)C(=O)O. The maximum absolute atomic E-state index is 11.9. The van der Waals surface area contributed by atoms with Crippen LogP contribution in [0.25, 0.3) is 10.9 Å². The number of aromatic nitrogens is 1. The minimum Gasteiger partial charge on any atom is -0.480 e. The van der Waals surface area contributed by atoms with Crippen molar-refractivity contribution in [1.29, 1.82) is 0 Å². The Morgan fingerprint density at radius 2 is 2.21 bits per heavy atom. The summed E-state index contributed by atoms with van der Waals surface area (Å²) in [5.74, 6) is -0.898. The third-order valence-corrected chi connectivity index (χ3v) is 4.74. The van der Waals surface area contributed by atoms with Crippen molar-refractivity contribution in [1.82, 2.24) is 10.3 Å². The molecule has 1 fully saturated rings. The number of ether oxygens (including phenoxy) is 1. The first-order valence-electron chi connectivity index (χ1n) is 7.89. The first kappa shape index (κ1) is 17.0. The van der Waals surface area contributed by atoms with Crippen LogP contribution in [0, 0.1) is 5.92 Å². The highest BCUT2D eigenvalue weighted by atomic mass is 79.9. The molecule has 1 aliphatic carbocycles. The van der Waals surface area contributed by atoms with E-state index in [-0.39, 0.29) is 13.0 Å². The van der Waals surface area contributed by atoms with Crippen molar-refractivity contribution in [2.24, 2.45) is 5.92 Å². The Bertz CT molecular complexity index is 754. The first-order chi connectivity index (χ1) is 11.5. The summed E-state index contributed by atoms with van der Waals surface area (Å²) in [5.41, 5.74) is 1.76. The molecule has 6 nitrogen and oxygen atoms in total. The van der Waals surface area contributed by atoms with Crippen molar-refractivity contribution in [3.63, 3.8) is 0 Å². The second-order valence-electron chi connectivity index (χ2n) is 6.10. The number of nitrogens with one attached hydrogen (secondary N) is 2. The molecule has 128 valence electrons. The van der Waals surface area contributed by atoms with Crippen molar-refractivity contribution < 1.29 is 19.4 Å². The predicted octanol–water partition coefficient (Wildman–Crippen LogP) is 2.47. The third kappa shape index (κ3) is 4.15. The zero-order valence-electron chi connectivity index (χ0n) is 13.0. The van der Waals surface area contributed by atoms with E-state index in [1.165, 1.54) is 0 Å². The molecular weight excluding hydrogens is 376 g/mol. The lowest BCUT2D eigenvalue weighted by Gasteiger charge is -2.14. The van der Waals surface area contributed by atoms with Crippen LogP contribution >= 0.6 is 15.9 Å². The monoisotopic (exact) mass is 394 g/mol. The summed E-state index contributed by atoms with van der Waals surface area (Å²) in [6.45, 7) is 0.471. The van der Waals surface area contributed by atoms with Crippen LogP contribution in [-0.4, -0.2) is 41.2 Å². The van der Waals surface area contributed by atoms with Gasteiger partial charge in [-0.05, 0) is 36.5 Å². The number of amides is 1. The number of fused-ring (bicyclic) bond motifs is 1. The molecule has 0 radical (unpaired) electrons. The minimum absolute atomic E-state index is 0.0993. The molecular formula is C17H19BrN2O4. The van der Waals surface area contributed by atoms with Crippen molar-refractivity contribution in [2.45, 2.75) is 25.3 Å². The molecule has 0 bridgehead atoms. The Balaban J connectivity index is 1.64. The van der Waals surface area contributed by atoms with Crippen LogP contribution in [0.5, 0.6) is 0 Å². The van der Waals surface area contributed by atoms with Gasteiger partial charge in [-0.3, -0.25) is 4.79 Å². The van der Waals surface area contributed by atoms with Gasteiger partial charge in [0.05, 0.1) is 6.61 Å². The average molecular weight is 395 g/mol. The Morgan fingerprint density at radius 1 is 1.42 bits per heavy atom. The van der Waals surface area contributed by atoms with Crippen molar-refractivity contribution in [2.75, 3.05) is 13.2 Å². The topological polar surface area (TPSA) is 91.4 Å². The van der Waals surface area contributed by atoms with Gasteiger partial charge in [-0.1, -0.05) is 22.0 Å². The first-order valence-corrected chi connectivity index (χ1v) is 8.68. The second-order valence-corrected chi connectivity index (χ2v) is 6.95. The summed E-state index contributed by atoms with van der Waals surface area (Å²) in [4.78, 5) is 26.5. The largest absolute Gasteiger partial charge is 0.480 e. The van der Waals surface area contributed by atoms with Crippen LogP contribution in [-0.2, 0) is 20.7 Å². The van der Waals surface area contributed by atoms with Gasteiger partial charge in [0.15, 0.2) is 0 Å². The number of H-pyrrole nitrogens is 1. The molecule has 1 unspecified atom stereocenters. The normalized spacial score (nSPS) is 15.4. The van der Waals surface area contributed by atoms with Crippen LogP contribution < -0.4 is 5.32 Å². The molecule has 1 aliphatic rings. The van der Waals surface area contributed by atoms with Crippen LogP contribution in [0.1, 0.15) is 18.4 Å². The fraction of sp³-hybridized carbons (Fsp3) is 0.412. The molecule has 1 aromatic heterocycles. The Labute approximate surface area is 147 Å². The van der Waals surface area contributed by atoms with Crippen LogP contribution in [0.3, 0.4) is 0 Å². The highest BCUT2D eigenvalue weighted by Gasteiger charge is 2.24. The van der Waals surface area contributed by atoms with Crippen LogP contribution in [0.2, 0.25) is 0 Å². The third-order valence-electron chi connectivity index (χ3n) is 4.08. The molecule has 0 saturated heterocycles. The Morgan fingerprint density at radius 3 is 2.92 bits per heavy atom. The van der Waals surface area contributed by atoms with E-state index in [9.17, 15) is 14.7 Å². The predicted molar refractivity (Wildman–Crippen MR) is 92.8 cm³/mol. The highest BCUT2D eigenvalue weighted by Crippen LogP contribution is 2.29. The number of carboxylic acid groups (broad SMARTS) is 1. The molecule has 1 atom stereocenters. The van der Waals surface area contributed by atoms with Gasteiger partial charge in [0, 0.05) is 28.0 Å². The molecule has 24 heavy (non-hydrogen) atoms. The van der Waals surface area contributed by atoms with Gasteiger partial charge in [0.25, 0.3) is 0 Å². The summed E-state index contributed by atoms with van der Waals surface area (Å²) in [5, 5.41) is 12.9. The van der Waals surface area contributed by atoms with Gasteiger partial charge in [0.1, 0.15) is 12.6 Å². The summed E-state index contributed by atoms with van der Waals surface area (Å²) < 4.78 is 6.19. The van der Waals surface area contributed by atoms with Gasteiger partial charge in [-0.15, -0.1) is 0 Å². The van der Waals surface area contributed by atoms with E-state index >= 15 is 0 Å². The number of carbonyl (C=O) groups excluding carboxylic acids is 1. The van der Waals surface area contributed by atoms with Gasteiger partial charge in [-0.2, -0.15) is 0 Å². The highest BCUT2D eigenvalue weighted by molar-refractivity contribution is 9.10. The Hall–Kier alpha value is -1.86. The number of aromatic amines is 1. The van der Waals surface area contributed by atoms with E-state index in [1.54, 1.807) is 6.20 Å². The molecule has 3 N–H and O–H groups in total. The molecule has 1 heterocycles. The molecule has 1 aromatic carbocycles. The van der Waals surface area contributed by atoms with Crippen LogP contribution in [0.15, 0.2) is 28.9 Å². The number of halogens is 1. The van der Waals surface area contributed by atoms with E-state index in [4.69, 9.17) is 4.74 Å². The number of hydrogen-bond acceptors (Lipinski definition) is 3. The maximum Gasteiger partial charge on any atom is 0.326 e. The van der Waals surface area contributed by atoms with E-state index in [0.717, 1.165) is 33.8 Å². The molecule has 0 spiro atoms. The molecule has 3 rings (SSSR count). The van der Waals surface area contributed by atoms with Crippen molar-refractivity contribution in [3.8, 4) is 0 Å². The number of aliphatic carboxylic acids is 1. The molecule has 1 amide bonds. The number of benzene rings is 1. The van der Waals surface area contributed by atoms with Crippen molar-refractivity contribution >= 4 is 38.7 Å². The van der Waals surface area contributed by atoms with Crippen molar-refractivity contribution in [3.05, 3.63) is 34.4 Å². The maximum atomic E-state index is 11.9. The summed E-state index contributed by atoms with van der Waals surface area (Å²) >= 11 is 3.48. The zero-order chi connectivity index (χ0) is 17.1. The Kier molecular flexibility index (Phi) is 5.20. The van der Waals surface area contributed by atoms with Crippen LogP contribution in [0.4, 0.5) is 0 Å². The molecule has 0 aliphatic heterocycles. The van der Waals surface area contributed by atoms with E-state index < -0.39 is 17.9 Å². The smallest absolute Gasteiger partial charge is 0.326 e. The number of carbonyl (C=O) groups is 2. The van der Waals surface area contributed by atoms with Gasteiger partial charge < -0.3 is 20.1 Å². The number of carboxylic acids is 1. The quantitative estimate of drug-likeness (QED) is 0.641. The average Bonchev–Trinajstić information content (AvgIpc) is 3.26. The second kappa shape index (κ2) is 7.36. The zero-order valence-corrected chi connectivity index (χ0v) is 14.6. The minimum atomic E-state index is -1.06. The summed E-state index contributed by atoms with van der Waals surface area (Å²) in [6, 6.07) is 4.73. The molecule has 1 saturated carbocycles. The molecule has 7 heteroatoms. The van der Waals surface area contributed by atoms with E-state index in [0.29, 0.717) is 12.5 Å². The number of hydrogen-bond donors (Lipinski definition) is 3.